The number of anilines is 2. The van der Waals surface area contributed by atoms with Crippen molar-refractivity contribution in [3.05, 3.63) is 36.4 Å². The molecule has 126 valence electrons. The summed E-state index contributed by atoms with van der Waals surface area (Å²) in [5.74, 6) is 0.798. The quantitative estimate of drug-likeness (QED) is 0.845. The summed E-state index contributed by atoms with van der Waals surface area (Å²) < 4.78 is 5.11. The lowest BCUT2D eigenvalue weighted by Gasteiger charge is -2.34. The van der Waals surface area contributed by atoms with E-state index < -0.39 is 5.91 Å². The molecule has 2 aromatic heterocycles. The Labute approximate surface area is 140 Å². The Balaban J connectivity index is 1.59. The highest BCUT2D eigenvalue weighted by molar-refractivity contribution is 5.91. The molecule has 1 aliphatic rings. The fourth-order valence-corrected chi connectivity index (χ4v) is 2.77. The molecule has 8 heteroatoms. The predicted molar refractivity (Wildman–Crippen MR) is 90.2 cm³/mol. The highest BCUT2D eigenvalue weighted by atomic mass is 16.5. The number of piperidine rings is 1. The minimum absolute atomic E-state index is 0.292. The summed E-state index contributed by atoms with van der Waals surface area (Å²) in [4.78, 5) is 25.7. The zero-order valence-electron chi connectivity index (χ0n) is 13.5. The van der Waals surface area contributed by atoms with Gasteiger partial charge in [0.15, 0.2) is 0 Å². The number of amides is 1. The van der Waals surface area contributed by atoms with Gasteiger partial charge < -0.3 is 20.7 Å². The van der Waals surface area contributed by atoms with E-state index in [4.69, 9.17) is 10.5 Å². The summed E-state index contributed by atoms with van der Waals surface area (Å²) in [6.07, 6.45) is 5.02. The molecule has 1 fully saturated rings. The molecule has 0 bridgehead atoms. The van der Waals surface area contributed by atoms with Gasteiger partial charge in [0.05, 0.1) is 7.11 Å². The van der Waals surface area contributed by atoms with E-state index in [0.29, 0.717) is 17.6 Å². The fraction of sp³-hybridized carbons (Fsp3) is 0.375. The fourth-order valence-electron chi connectivity index (χ4n) is 2.77. The second kappa shape index (κ2) is 7.12. The summed E-state index contributed by atoms with van der Waals surface area (Å²) in [5, 5.41) is 3.41. The number of methoxy groups -OCH3 is 1. The molecule has 0 saturated carbocycles. The van der Waals surface area contributed by atoms with E-state index in [2.05, 4.69) is 25.2 Å². The number of nitrogens with one attached hydrogen (secondary N) is 1. The first-order valence-corrected chi connectivity index (χ1v) is 7.79. The van der Waals surface area contributed by atoms with Crippen LogP contribution in [0.1, 0.15) is 23.3 Å². The maximum atomic E-state index is 11.3. The molecule has 3 heterocycles. The summed E-state index contributed by atoms with van der Waals surface area (Å²) in [5.41, 5.74) is 6.56. The van der Waals surface area contributed by atoms with Gasteiger partial charge in [-0.05, 0) is 25.0 Å². The standard InChI is InChI=1S/C16H20N6O2/c1-24-15-9-14(19-10-20-15)21-11-3-6-22(7-4-11)12-2-5-18-13(8-12)16(17)23/h2,5,8-11H,3-4,6-7H2,1H3,(H2,17,23)(H,19,20,21). The number of aromatic nitrogens is 3. The zero-order chi connectivity index (χ0) is 16.9. The van der Waals surface area contributed by atoms with Crippen molar-refractivity contribution in [3.63, 3.8) is 0 Å². The molecule has 1 amide bonds. The monoisotopic (exact) mass is 328 g/mol. The van der Waals surface area contributed by atoms with Crippen LogP contribution < -0.4 is 20.7 Å². The lowest BCUT2D eigenvalue weighted by Crippen LogP contribution is -2.39. The molecular formula is C16H20N6O2. The van der Waals surface area contributed by atoms with Gasteiger partial charge in [0.1, 0.15) is 17.8 Å². The molecule has 1 aliphatic heterocycles. The molecule has 24 heavy (non-hydrogen) atoms. The molecule has 0 spiro atoms. The van der Waals surface area contributed by atoms with Gasteiger partial charge in [-0.2, -0.15) is 0 Å². The molecule has 3 rings (SSSR count). The average molecular weight is 328 g/mol. The highest BCUT2D eigenvalue weighted by Gasteiger charge is 2.20. The van der Waals surface area contributed by atoms with Crippen LogP contribution in [0.25, 0.3) is 0 Å². The number of rotatable bonds is 5. The molecule has 0 unspecified atom stereocenters. The van der Waals surface area contributed by atoms with E-state index in [9.17, 15) is 4.79 Å². The molecular weight excluding hydrogens is 308 g/mol. The highest BCUT2D eigenvalue weighted by Crippen LogP contribution is 2.22. The molecule has 0 radical (unpaired) electrons. The van der Waals surface area contributed by atoms with Crippen molar-refractivity contribution in [1.82, 2.24) is 15.0 Å². The number of pyridine rings is 1. The third-order valence-corrected chi connectivity index (χ3v) is 4.06. The van der Waals surface area contributed by atoms with Gasteiger partial charge in [-0.15, -0.1) is 0 Å². The first-order valence-electron chi connectivity index (χ1n) is 7.79. The van der Waals surface area contributed by atoms with Crippen LogP contribution in [0.2, 0.25) is 0 Å². The van der Waals surface area contributed by atoms with Crippen LogP contribution in [0.3, 0.4) is 0 Å². The van der Waals surface area contributed by atoms with E-state index in [-0.39, 0.29) is 0 Å². The lowest BCUT2D eigenvalue weighted by molar-refractivity contribution is 0.0995. The minimum Gasteiger partial charge on any atom is -0.481 e. The van der Waals surface area contributed by atoms with Crippen LogP contribution in [0, 0.1) is 0 Å². The topological polar surface area (TPSA) is 106 Å². The number of nitrogens with two attached hydrogens (primary N) is 1. The van der Waals surface area contributed by atoms with Crippen LogP contribution in [0.4, 0.5) is 11.5 Å². The maximum absolute atomic E-state index is 11.3. The van der Waals surface area contributed by atoms with Crippen molar-refractivity contribution >= 4 is 17.4 Å². The normalized spacial score (nSPS) is 15.1. The van der Waals surface area contributed by atoms with Crippen molar-refractivity contribution in [2.45, 2.75) is 18.9 Å². The summed E-state index contributed by atoms with van der Waals surface area (Å²) in [7, 11) is 1.58. The number of ether oxygens (including phenoxy) is 1. The van der Waals surface area contributed by atoms with Crippen LogP contribution in [0.15, 0.2) is 30.7 Å². The Hall–Kier alpha value is -2.90. The van der Waals surface area contributed by atoms with E-state index in [0.717, 1.165) is 37.4 Å². The van der Waals surface area contributed by atoms with E-state index in [1.54, 1.807) is 25.4 Å². The first-order chi connectivity index (χ1) is 11.7. The van der Waals surface area contributed by atoms with Crippen molar-refractivity contribution in [1.29, 1.82) is 0 Å². The number of hydrogen-bond donors (Lipinski definition) is 2. The van der Waals surface area contributed by atoms with Crippen LogP contribution in [-0.2, 0) is 0 Å². The number of hydrogen-bond acceptors (Lipinski definition) is 7. The zero-order valence-corrected chi connectivity index (χ0v) is 13.5. The van der Waals surface area contributed by atoms with Crippen LogP contribution in [0.5, 0.6) is 5.88 Å². The summed E-state index contributed by atoms with van der Waals surface area (Å²) >= 11 is 0. The Morgan fingerprint density at radius 1 is 1.29 bits per heavy atom. The number of nitrogens with zero attached hydrogens (tertiary/aromatic N) is 4. The van der Waals surface area contributed by atoms with Crippen molar-refractivity contribution in [2.75, 3.05) is 30.4 Å². The van der Waals surface area contributed by atoms with Gasteiger partial charge in [-0.3, -0.25) is 9.78 Å². The van der Waals surface area contributed by atoms with Gasteiger partial charge in [0, 0.05) is 37.1 Å². The SMILES string of the molecule is COc1cc(NC2CCN(c3ccnc(C(N)=O)c3)CC2)ncn1. The Bertz CT molecular complexity index is 715. The van der Waals surface area contributed by atoms with Crippen molar-refractivity contribution < 1.29 is 9.53 Å². The largest absolute Gasteiger partial charge is 0.481 e. The Morgan fingerprint density at radius 3 is 2.79 bits per heavy atom. The van der Waals surface area contributed by atoms with Gasteiger partial charge in [0.25, 0.3) is 5.91 Å². The Morgan fingerprint density at radius 2 is 2.08 bits per heavy atom. The van der Waals surface area contributed by atoms with Gasteiger partial charge in [-0.1, -0.05) is 0 Å². The third-order valence-electron chi connectivity index (χ3n) is 4.06. The van der Waals surface area contributed by atoms with E-state index in [1.165, 1.54) is 6.33 Å². The summed E-state index contributed by atoms with van der Waals surface area (Å²) in [6, 6.07) is 5.76. The molecule has 0 atom stereocenters. The van der Waals surface area contributed by atoms with Crippen molar-refractivity contribution in [2.24, 2.45) is 5.73 Å². The van der Waals surface area contributed by atoms with E-state index >= 15 is 0 Å². The molecule has 0 aromatic carbocycles. The first kappa shape index (κ1) is 16.0. The number of carbonyl (C=O) groups excluding carboxylic acids is 1. The average Bonchev–Trinajstić information content (AvgIpc) is 2.62. The smallest absolute Gasteiger partial charge is 0.267 e. The van der Waals surface area contributed by atoms with Gasteiger partial charge in [0.2, 0.25) is 5.88 Å². The second-order valence-corrected chi connectivity index (χ2v) is 5.61. The number of primary amides is 1. The Kier molecular flexibility index (Phi) is 4.74. The molecule has 0 aliphatic carbocycles. The molecule has 8 nitrogen and oxygen atoms in total. The maximum Gasteiger partial charge on any atom is 0.267 e. The van der Waals surface area contributed by atoms with Crippen LogP contribution >= 0.6 is 0 Å². The second-order valence-electron chi connectivity index (χ2n) is 5.61. The third kappa shape index (κ3) is 3.70. The predicted octanol–water partition coefficient (Wildman–Crippen LogP) is 1.06. The molecule has 3 N–H and O–H groups in total. The van der Waals surface area contributed by atoms with E-state index in [1.807, 2.05) is 6.07 Å². The van der Waals surface area contributed by atoms with Gasteiger partial charge >= 0.3 is 0 Å². The number of carbonyl (C=O) groups is 1. The van der Waals surface area contributed by atoms with Crippen molar-refractivity contribution in [3.8, 4) is 5.88 Å². The van der Waals surface area contributed by atoms with Gasteiger partial charge in [-0.25, -0.2) is 9.97 Å². The lowest BCUT2D eigenvalue weighted by atomic mass is 10.0. The van der Waals surface area contributed by atoms with Crippen LogP contribution in [-0.4, -0.2) is 47.1 Å². The minimum atomic E-state index is -0.508. The molecule has 1 saturated heterocycles. The molecule has 2 aromatic rings. The summed E-state index contributed by atoms with van der Waals surface area (Å²) in [6.45, 7) is 1.75.